The quantitative estimate of drug-likeness (QED) is 0.629. The van der Waals surface area contributed by atoms with Crippen molar-refractivity contribution in [2.45, 2.75) is 25.4 Å². The van der Waals surface area contributed by atoms with Crippen molar-refractivity contribution in [1.82, 2.24) is 9.88 Å². The number of hydrogen-bond acceptors (Lipinski definition) is 5. The first-order chi connectivity index (χ1) is 11.2. The summed E-state index contributed by atoms with van der Waals surface area (Å²) >= 11 is 0. The Morgan fingerprint density at radius 3 is 3.00 bits per heavy atom. The number of terminal acetylenes is 1. The van der Waals surface area contributed by atoms with Crippen molar-refractivity contribution in [1.29, 1.82) is 0 Å². The van der Waals surface area contributed by atoms with Crippen LogP contribution in [0.15, 0.2) is 24.4 Å². The zero-order chi connectivity index (χ0) is 16.7. The first kappa shape index (κ1) is 16.8. The van der Waals surface area contributed by atoms with E-state index in [2.05, 4.69) is 10.9 Å². The van der Waals surface area contributed by atoms with Gasteiger partial charge in [0.05, 0.1) is 25.1 Å². The highest BCUT2D eigenvalue weighted by Gasteiger charge is 2.31. The summed E-state index contributed by atoms with van der Waals surface area (Å²) in [4.78, 5) is 29.7. The number of methoxy groups -OCH3 is 1. The van der Waals surface area contributed by atoms with Crippen molar-refractivity contribution in [3.05, 3.63) is 30.1 Å². The Labute approximate surface area is 135 Å². The predicted molar refractivity (Wildman–Crippen MR) is 83.2 cm³/mol. The van der Waals surface area contributed by atoms with Crippen LogP contribution in [0.3, 0.4) is 0 Å². The molecule has 0 unspecified atom stereocenters. The van der Waals surface area contributed by atoms with Crippen molar-refractivity contribution in [2.24, 2.45) is 5.92 Å². The molecule has 0 aromatic carbocycles. The fraction of sp³-hybridized carbons (Fsp3) is 0.471. The maximum absolute atomic E-state index is 12.4. The lowest BCUT2D eigenvalue weighted by Crippen LogP contribution is -2.42. The van der Waals surface area contributed by atoms with Crippen molar-refractivity contribution in [3.63, 3.8) is 0 Å². The van der Waals surface area contributed by atoms with E-state index in [0.717, 1.165) is 6.42 Å². The van der Waals surface area contributed by atoms with Gasteiger partial charge in [-0.3, -0.25) is 9.78 Å². The molecule has 1 aliphatic rings. The molecule has 1 fully saturated rings. The number of pyridine rings is 1. The number of hydrogen-bond donors (Lipinski definition) is 0. The van der Waals surface area contributed by atoms with E-state index >= 15 is 0 Å². The molecule has 1 saturated heterocycles. The summed E-state index contributed by atoms with van der Waals surface area (Å²) in [5, 5.41) is 0. The number of nitrogens with zero attached hydrogens (tertiary/aromatic N) is 2. The van der Waals surface area contributed by atoms with Crippen molar-refractivity contribution in [2.75, 3.05) is 20.2 Å². The van der Waals surface area contributed by atoms with Gasteiger partial charge in [-0.15, -0.1) is 12.3 Å². The van der Waals surface area contributed by atoms with Crippen molar-refractivity contribution >= 4 is 12.1 Å². The van der Waals surface area contributed by atoms with Gasteiger partial charge in [0, 0.05) is 19.3 Å². The minimum absolute atomic E-state index is 0.260. The maximum atomic E-state index is 12.4. The van der Waals surface area contributed by atoms with E-state index in [-0.39, 0.29) is 18.3 Å². The SMILES string of the molecule is C#CC[C@H](OC(=O)[C@H]1CCCN(C(=O)OC)C1)c1ccccn1. The molecule has 0 aliphatic carbocycles. The molecule has 1 aromatic heterocycles. The van der Waals surface area contributed by atoms with Gasteiger partial charge >= 0.3 is 12.1 Å². The fourth-order valence-corrected chi connectivity index (χ4v) is 2.58. The predicted octanol–water partition coefficient (Wildman–Crippen LogP) is 2.17. The Balaban J connectivity index is 2.01. The van der Waals surface area contributed by atoms with Gasteiger partial charge in [0.1, 0.15) is 0 Å². The minimum Gasteiger partial charge on any atom is -0.455 e. The topological polar surface area (TPSA) is 68.7 Å². The van der Waals surface area contributed by atoms with Crippen LogP contribution in [0.4, 0.5) is 4.79 Å². The first-order valence-corrected chi connectivity index (χ1v) is 7.53. The molecule has 2 rings (SSSR count). The first-order valence-electron chi connectivity index (χ1n) is 7.53. The summed E-state index contributed by atoms with van der Waals surface area (Å²) in [6, 6.07) is 5.38. The van der Waals surface area contributed by atoms with Crippen LogP contribution in [-0.2, 0) is 14.3 Å². The lowest BCUT2D eigenvalue weighted by Gasteiger charge is -2.31. The Morgan fingerprint density at radius 1 is 1.52 bits per heavy atom. The van der Waals surface area contributed by atoms with Crippen LogP contribution < -0.4 is 0 Å². The van der Waals surface area contributed by atoms with E-state index in [0.29, 0.717) is 25.2 Å². The third-order valence-electron chi connectivity index (χ3n) is 3.77. The smallest absolute Gasteiger partial charge is 0.409 e. The van der Waals surface area contributed by atoms with Gasteiger partial charge in [0.15, 0.2) is 6.10 Å². The summed E-state index contributed by atoms with van der Waals surface area (Å²) in [6.45, 7) is 0.890. The van der Waals surface area contributed by atoms with E-state index in [4.69, 9.17) is 15.9 Å². The number of carbonyl (C=O) groups excluding carboxylic acids is 2. The molecular weight excluding hydrogens is 296 g/mol. The molecule has 0 radical (unpaired) electrons. The number of aromatic nitrogens is 1. The molecule has 2 atom stereocenters. The third-order valence-corrected chi connectivity index (χ3v) is 3.77. The monoisotopic (exact) mass is 316 g/mol. The number of amides is 1. The molecule has 122 valence electrons. The van der Waals surface area contributed by atoms with Gasteiger partial charge in [0.25, 0.3) is 0 Å². The van der Waals surface area contributed by atoms with Gasteiger partial charge in [-0.2, -0.15) is 0 Å². The average Bonchev–Trinajstić information content (AvgIpc) is 2.61. The molecule has 6 heteroatoms. The lowest BCUT2D eigenvalue weighted by atomic mass is 9.98. The summed E-state index contributed by atoms with van der Waals surface area (Å²) < 4.78 is 10.3. The average molecular weight is 316 g/mol. The maximum Gasteiger partial charge on any atom is 0.409 e. The van der Waals surface area contributed by atoms with Crippen LogP contribution in [0, 0.1) is 18.3 Å². The zero-order valence-electron chi connectivity index (χ0n) is 13.1. The number of piperidine rings is 1. The third kappa shape index (κ3) is 4.46. The van der Waals surface area contributed by atoms with Gasteiger partial charge in [-0.25, -0.2) is 4.79 Å². The summed E-state index contributed by atoms with van der Waals surface area (Å²) in [5.41, 5.74) is 0.624. The molecule has 23 heavy (non-hydrogen) atoms. The van der Waals surface area contributed by atoms with Crippen LogP contribution in [0.25, 0.3) is 0 Å². The van der Waals surface area contributed by atoms with E-state index < -0.39 is 12.2 Å². The number of ether oxygens (including phenoxy) is 2. The highest BCUT2D eigenvalue weighted by Crippen LogP contribution is 2.24. The van der Waals surface area contributed by atoms with E-state index in [9.17, 15) is 9.59 Å². The van der Waals surface area contributed by atoms with Crippen LogP contribution in [0.2, 0.25) is 0 Å². The van der Waals surface area contributed by atoms with Gasteiger partial charge in [-0.1, -0.05) is 6.07 Å². The van der Waals surface area contributed by atoms with Crippen molar-refractivity contribution < 1.29 is 19.1 Å². The van der Waals surface area contributed by atoms with Gasteiger partial charge in [-0.05, 0) is 25.0 Å². The molecule has 2 heterocycles. The Morgan fingerprint density at radius 2 is 2.35 bits per heavy atom. The molecule has 1 amide bonds. The molecule has 0 saturated carbocycles. The zero-order valence-corrected chi connectivity index (χ0v) is 13.1. The van der Waals surface area contributed by atoms with Crippen LogP contribution in [-0.4, -0.2) is 42.1 Å². The number of carbonyl (C=O) groups is 2. The standard InChI is InChI=1S/C17H20N2O4/c1-3-7-15(14-9-4-5-10-18-14)23-16(20)13-8-6-11-19(12-13)17(21)22-2/h1,4-5,9-10,13,15H,6-8,11-12H2,2H3/t13-,15-/m0/s1. The Kier molecular flexibility index (Phi) is 5.98. The van der Waals surface area contributed by atoms with Crippen LogP contribution in [0.1, 0.15) is 31.1 Å². The van der Waals surface area contributed by atoms with Crippen LogP contribution in [0.5, 0.6) is 0 Å². The number of likely N-dealkylation sites (tertiary alicyclic amines) is 1. The fourth-order valence-electron chi connectivity index (χ4n) is 2.58. The normalized spacial score (nSPS) is 18.6. The summed E-state index contributed by atoms with van der Waals surface area (Å²) in [5.74, 6) is 1.78. The number of rotatable bonds is 4. The van der Waals surface area contributed by atoms with Crippen LogP contribution >= 0.6 is 0 Å². The highest BCUT2D eigenvalue weighted by molar-refractivity contribution is 5.75. The van der Waals surface area contributed by atoms with E-state index in [1.165, 1.54) is 12.0 Å². The Hall–Kier alpha value is -2.55. The second-order valence-corrected chi connectivity index (χ2v) is 5.34. The second kappa shape index (κ2) is 8.18. The molecule has 6 nitrogen and oxygen atoms in total. The molecule has 0 spiro atoms. The van der Waals surface area contributed by atoms with E-state index in [1.54, 1.807) is 18.3 Å². The molecular formula is C17H20N2O4. The van der Waals surface area contributed by atoms with Crippen molar-refractivity contribution in [3.8, 4) is 12.3 Å². The molecule has 0 bridgehead atoms. The molecule has 0 N–H and O–H groups in total. The van der Waals surface area contributed by atoms with Gasteiger partial charge in [0.2, 0.25) is 0 Å². The Bertz CT molecular complexity index is 582. The summed E-state index contributed by atoms with van der Waals surface area (Å²) in [6.07, 6.45) is 7.67. The minimum atomic E-state index is -0.567. The summed E-state index contributed by atoms with van der Waals surface area (Å²) in [7, 11) is 1.33. The largest absolute Gasteiger partial charge is 0.455 e. The molecule has 1 aromatic rings. The molecule has 1 aliphatic heterocycles. The van der Waals surface area contributed by atoms with Gasteiger partial charge < -0.3 is 14.4 Å². The highest BCUT2D eigenvalue weighted by atomic mass is 16.5. The lowest BCUT2D eigenvalue weighted by molar-refractivity contribution is -0.156. The second-order valence-electron chi connectivity index (χ2n) is 5.34. The van der Waals surface area contributed by atoms with E-state index in [1.807, 2.05) is 6.07 Å². The number of esters is 1.